The van der Waals surface area contributed by atoms with Gasteiger partial charge in [0.2, 0.25) is 0 Å². The normalized spacial score (nSPS) is 11.9. The van der Waals surface area contributed by atoms with Crippen LogP contribution in [-0.2, 0) is 4.79 Å². The van der Waals surface area contributed by atoms with Gasteiger partial charge in [-0.3, -0.25) is 10.2 Å². The van der Waals surface area contributed by atoms with E-state index in [0.717, 1.165) is 0 Å². The lowest BCUT2D eigenvalue weighted by Gasteiger charge is -2.09. The predicted octanol–water partition coefficient (Wildman–Crippen LogP) is 1.74. The second kappa shape index (κ2) is 6.33. The first kappa shape index (κ1) is 15.9. The highest BCUT2D eigenvalue weighted by Gasteiger charge is 2.38. The van der Waals surface area contributed by atoms with E-state index in [2.05, 4.69) is 22.7 Å². The summed E-state index contributed by atoms with van der Waals surface area (Å²) in [7, 11) is 0. The van der Waals surface area contributed by atoms with Crippen LogP contribution in [-0.4, -0.2) is 22.9 Å². The summed E-state index contributed by atoms with van der Waals surface area (Å²) in [5, 5.41) is 5.54. The zero-order valence-electron chi connectivity index (χ0n) is 10.3. The van der Waals surface area contributed by atoms with Crippen LogP contribution in [0.5, 0.6) is 0 Å². The maximum absolute atomic E-state index is 12.1. The lowest BCUT2D eigenvalue weighted by atomic mass is 10.1. The summed E-state index contributed by atoms with van der Waals surface area (Å²) in [4.78, 5) is 10.8. The third-order valence-corrected chi connectivity index (χ3v) is 2.22. The summed E-state index contributed by atoms with van der Waals surface area (Å²) in [6.07, 6.45) is -4.94. The Kier molecular flexibility index (Phi) is 5.03. The van der Waals surface area contributed by atoms with Crippen LogP contribution >= 0.6 is 12.2 Å². The number of alkyl halides is 3. The van der Waals surface area contributed by atoms with E-state index in [9.17, 15) is 18.0 Å². The number of nitrogens with two attached hydrogens (primary N) is 1. The smallest absolute Gasteiger partial charge is 0.375 e. The summed E-state index contributed by atoms with van der Waals surface area (Å²) in [6, 6.07) is 5.79. The number of nitrogens with zero attached hydrogens (tertiary/aromatic N) is 1. The third-order valence-electron chi connectivity index (χ3n) is 2.13. The van der Waals surface area contributed by atoms with Gasteiger partial charge in [0.15, 0.2) is 5.11 Å². The summed E-state index contributed by atoms with van der Waals surface area (Å²) < 4.78 is 36.4. The molecule has 4 N–H and O–H groups in total. The number of halogens is 3. The van der Waals surface area contributed by atoms with Gasteiger partial charge in [-0.1, -0.05) is 12.1 Å². The fourth-order valence-corrected chi connectivity index (χ4v) is 1.27. The maximum atomic E-state index is 12.1. The van der Waals surface area contributed by atoms with Crippen LogP contribution in [0.2, 0.25) is 0 Å². The Labute approximate surface area is 118 Å². The van der Waals surface area contributed by atoms with Crippen LogP contribution < -0.4 is 16.5 Å². The minimum atomic E-state index is -4.94. The summed E-state index contributed by atoms with van der Waals surface area (Å²) in [5.41, 5.74) is 8.51. The Morgan fingerprint density at radius 2 is 2.05 bits per heavy atom. The molecule has 0 atom stereocenters. The van der Waals surface area contributed by atoms with Crippen molar-refractivity contribution in [2.24, 2.45) is 10.8 Å². The quantitative estimate of drug-likeness (QED) is 0.451. The van der Waals surface area contributed by atoms with Crippen LogP contribution in [0, 0.1) is 0 Å². The summed E-state index contributed by atoms with van der Waals surface area (Å²) in [6.45, 7) is 1.61. The minimum Gasteiger partial charge on any atom is -0.375 e. The molecule has 1 amide bonds. The number of carbonyl (C=O) groups excluding carboxylic acids is 1. The van der Waals surface area contributed by atoms with E-state index < -0.39 is 12.1 Å². The topological polar surface area (TPSA) is 79.5 Å². The van der Waals surface area contributed by atoms with Gasteiger partial charge < -0.3 is 11.1 Å². The monoisotopic (exact) mass is 304 g/mol. The Morgan fingerprint density at radius 1 is 1.40 bits per heavy atom. The van der Waals surface area contributed by atoms with Gasteiger partial charge in [0.1, 0.15) is 0 Å². The van der Waals surface area contributed by atoms with E-state index in [1.165, 1.54) is 18.2 Å². The van der Waals surface area contributed by atoms with E-state index >= 15 is 0 Å². The molecule has 5 nitrogen and oxygen atoms in total. The zero-order chi connectivity index (χ0) is 15.3. The molecule has 0 aliphatic heterocycles. The number of carbonyl (C=O) groups is 1. The van der Waals surface area contributed by atoms with Gasteiger partial charge in [-0.25, -0.2) is 0 Å². The second-order valence-electron chi connectivity index (χ2n) is 3.71. The number of rotatable bonds is 3. The van der Waals surface area contributed by atoms with Gasteiger partial charge in [-0.05, 0) is 36.8 Å². The second-order valence-corrected chi connectivity index (χ2v) is 4.15. The molecule has 1 aromatic rings. The van der Waals surface area contributed by atoms with E-state index in [1.807, 2.05) is 0 Å². The summed E-state index contributed by atoms with van der Waals surface area (Å²) >= 11 is 4.57. The van der Waals surface area contributed by atoms with Crippen LogP contribution in [0.1, 0.15) is 12.5 Å². The Morgan fingerprint density at radius 3 is 2.60 bits per heavy atom. The Balaban J connectivity index is 2.88. The van der Waals surface area contributed by atoms with Crippen molar-refractivity contribution in [2.45, 2.75) is 13.1 Å². The molecule has 20 heavy (non-hydrogen) atoms. The average Bonchev–Trinajstić information content (AvgIpc) is 2.35. The van der Waals surface area contributed by atoms with Crippen LogP contribution in [0.3, 0.4) is 0 Å². The first-order chi connectivity index (χ1) is 9.20. The molecule has 9 heteroatoms. The standard InChI is InChI=1S/C11H11F3N4OS/c1-6(17-18-10(15)20)7-3-2-4-8(5-7)16-9(19)11(12,13)14/h2-5H,1H3,(H,16,19)(H3,15,18,20)/b17-6+. The number of hydrazone groups is 1. The molecule has 0 spiro atoms. The molecule has 0 aromatic heterocycles. The molecule has 0 saturated carbocycles. The van der Waals surface area contributed by atoms with Gasteiger partial charge in [0.25, 0.3) is 0 Å². The SMILES string of the molecule is C/C(=N\NC(N)=S)c1cccc(NC(=O)C(F)(F)F)c1. The van der Waals surface area contributed by atoms with E-state index in [0.29, 0.717) is 11.3 Å². The highest BCUT2D eigenvalue weighted by Crippen LogP contribution is 2.19. The van der Waals surface area contributed by atoms with E-state index in [-0.39, 0.29) is 10.8 Å². The van der Waals surface area contributed by atoms with Crippen molar-refractivity contribution in [1.82, 2.24) is 5.43 Å². The van der Waals surface area contributed by atoms with E-state index in [1.54, 1.807) is 18.3 Å². The van der Waals surface area contributed by atoms with E-state index in [4.69, 9.17) is 5.73 Å². The van der Waals surface area contributed by atoms with Gasteiger partial charge >= 0.3 is 12.1 Å². The maximum Gasteiger partial charge on any atom is 0.471 e. The molecule has 0 fully saturated rings. The van der Waals surface area contributed by atoms with Crippen molar-refractivity contribution in [1.29, 1.82) is 0 Å². The van der Waals surface area contributed by atoms with Crippen molar-refractivity contribution >= 4 is 34.6 Å². The van der Waals surface area contributed by atoms with Crippen LogP contribution in [0.15, 0.2) is 29.4 Å². The average molecular weight is 304 g/mol. The Bertz CT molecular complexity index is 557. The Hall–Kier alpha value is -2.16. The number of anilines is 1. The molecule has 0 radical (unpaired) electrons. The van der Waals surface area contributed by atoms with Crippen molar-refractivity contribution in [3.05, 3.63) is 29.8 Å². The number of hydrogen-bond donors (Lipinski definition) is 3. The number of hydrogen-bond acceptors (Lipinski definition) is 3. The van der Waals surface area contributed by atoms with Crippen LogP contribution in [0.4, 0.5) is 18.9 Å². The molecule has 1 aromatic carbocycles. The summed E-state index contributed by atoms with van der Waals surface area (Å²) in [5.74, 6) is -2.04. The molecular weight excluding hydrogens is 293 g/mol. The molecule has 0 unspecified atom stereocenters. The third kappa shape index (κ3) is 4.84. The molecule has 0 heterocycles. The number of thiocarbonyl (C=S) groups is 1. The van der Waals surface area contributed by atoms with Gasteiger partial charge in [-0.2, -0.15) is 18.3 Å². The highest BCUT2D eigenvalue weighted by molar-refractivity contribution is 7.80. The first-order valence-electron chi connectivity index (χ1n) is 5.28. The highest BCUT2D eigenvalue weighted by atomic mass is 32.1. The van der Waals surface area contributed by atoms with Crippen LogP contribution in [0.25, 0.3) is 0 Å². The van der Waals surface area contributed by atoms with Crippen molar-refractivity contribution < 1.29 is 18.0 Å². The minimum absolute atomic E-state index is 0.00898. The fraction of sp³-hybridized carbons (Fsp3) is 0.182. The van der Waals surface area contributed by atoms with Gasteiger partial charge in [0, 0.05) is 5.69 Å². The lowest BCUT2D eigenvalue weighted by molar-refractivity contribution is -0.167. The molecule has 0 aliphatic carbocycles. The molecule has 0 aliphatic rings. The van der Waals surface area contributed by atoms with Gasteiger partial charge in [-0.15, -0.1) is 0 Å². The zero-order valence-corrected chi connectivity index (χ0v) is 11.1. The lowest BCUT2D eigenvalue weighted by Crippen LogP contribution is -2.30. The van der Waals surface area contributed by atoms with Crippen molar-refractivity contribution in [3.63, 3.8) is 0 Å². The first-order valence-corrected chi connectivity index (χ1v) is 5.69. The fourth-order valence-electron chi connectivity index (χ4n) is 1.23. The molecule has 1 rings (SSSR count). The van der Waals surface area contributed by atoms with Crippen molar-refractivity contribution in [2.75, 3.05) is 5.32 Å². The number of amides is 1. The molecular formula is C11H11F3N4OS. The molecule has 0 bridgehead atoms. The van der Waals surface area contributed by atoms with Crippen molar-refractivity contribution in [3.8, 4) is 0 Å². The van der Waals surface area contributed by atoms with Gasteiger partial charge in [0.05, 0.1) is 5.71 Å². The number of benzene rings is 1. The molecule has 108 valence electrons. The number of nitrogens with one attached hydrogen (secondary N) is 2. The predicted molar refractivity (Wildman–Crippen MR) is 73.3 cm³/mol. The largest absolute Gasteiger partial charge is 0.471 e. The molecule has 0 saturated heterocycles.